The van der Waals surface area contributed by atoms with Crippen LogP contribution in [0.15, 0.2) is 4.99 Å². The number of nitrogens with zero attached hydrogens (tertiary/aromatic N) is 2. The van der Waals surface area contributed by atoms with Crippen LogP contribution in [0.4, 0.5) is 0 Å². The Balaban J connectivity index is 1.71. The van der Waals surface area contributed by atoms with E-state index >= 15 is 0 Å². The van der Waals surface area contributed by atoms with Gasteiger partial charge >= 0.3 is 0 Å². The van der Waals surface area contributed by atoms with E-state index in [1.165, 1.54) is 38.5 Å². The van der Waals surface area contributed by atoms with Crippen LogP contribution in [0.1, 0.15) is 51.9 Å². The van der Waals surface area contributed by atoms with Crippen LogP contribution < -0.4 is 5.32 Å². The number of hydrogen-bond acceptors (Lipinski definition) is 3. The molecule has 2 fully saturated rings. The third kappa shape index (κ3) is 6.60. The summed E-state index contributed by atoms with van der Waals surface area (Å²) in [6.45, 7) is 7.36. The van der Waals surface area contributed by atoms with E-state index in [9.17, 15) is 0 Å². The Hall–Kier alpha value is -0.810. The molecule has 0 saturated heterocycles. The summed E-state index contributed by atoms with van der Waals surface area (Å²) in [7, 11) is 3.96. The van der Waals surface area contributed by atoms with Crippen LogP contribution in [-0.4, -0.2) is 64.5 Å². The fourth-order valence-corrected chi connectivity index (χ4v) is 3.57. The number of likely N-dealkylation sites (N-methyl/N-ethyl adjacent to an activating group) is 1. The van der Waals surface area contributed by atoms with Gasteiger partial charge in [0.2, 0.25) is 0 Å². The maximum atomic E-state index is 5.75. The molecule has 5 nitrogen and oxygen atoms in total. The molecule has 24 heavy (non-hydrogen) atoms. The molecular weight excluding hydrogens is 302 g/mol. The van der Waals surface area contributed by atoms with Crippen molar-refractivity contribution in [3.05, 3.63) is 0 Å². The second-order valence-electron chi connectivity index (χ2n) is 7.49. The van der Waals surface area contributed by atoms with Crippen LogP contribution in [0.5, 0.6) is 0 Å². The van der Waals surface area contributed by atoms with E-state index in [1.807, 2.05) is 7.05 Å². The Morgan fingerprint density at radius 1 is 1.21 bits per heavy atom. The zero-order chi connectivity index (χ0) is 17.3. The van der Waals surface area contributed by atoms with E-state index in [2.05, 4.69) is 29.2 Å². The first-order valence-electron chi connectivity index (χ1n) is 9.76. The molecule has 1 N–H and O–H groups in total. The predicted molar refractivity (Wildman–Crippen MR) is 99.5 cm³/mol. The molecule has 0 bridgehead atoms. The van der Waals surface area contributed by atoms with Gasteiger partial charge in [0.15, 0.2) is 5.96 Å². The Bertz CT molecular complexity index is 377. The molecule has 0 aromatic rings. The van der Waals surface area contributed by atoms with E-state index in [1.54, 1.807) is 0 Å². The summed E-state index contributed by atoms with van der Waals surface area (Å²) < 4.78 is 11.4. The van der Waals surface area contributed by atoms with Crippen molar-refractivity contribution in [3.63, 3.8) is 0 Å². The molecule has 5 heteroatoms. The molecule has 2 rings (SSSR count). The summed E-state index contributed by atoms with van der Waals surface area (Å²) >= 11 is 0. The second kappa shape index (κ2) is 10.2. The highest BCUT2D eigenvalue weighted by Crippen LogP contribution is 2.40. The normalized spacial score (nSPS) is 20.4. The fourth-order valence-electron chi connectivity index (χ4n) is 3.57. The minimum absolute atomic E-state index is 0.383. The van der Waals surface area contributed by atoms with Crippen molar-refractivity contribution in [1.82, 2.24) is 10.2 Å². The van der Waals surface area contributed by atoms with Gasteiger partial charge in [0.05, 0.1) is 6.61 Å². The van der Waals surface area contributed by atoms with Crippen molar-refractivity contribution in [2.45, 2.75) is 51.9 Å². The molecule has 0 radical (unpaired) electrons. The van der Waals surface area contributed by atoms with Gasteiger partial charge in [0.1, 0.15) is 0 Å². The highest BCUT2D eigenvalue weighted by molar-refractivity contribution is 5.79. The van der Waals surface area contributed by atoms with Gasteiger partial charge in [0.25, 0.3) is 0 Å². The maximum absolute atomic E-state index is 5.75. The second-order valence-corrected chi connectivity index (χ2v) is 7.49. The van der Waals surface area contributed by atoms with Crippen LogP contribution in [0, 0.1) is 11.3 Å². The number of hydrogen-bond donors (Lipinski definition) is 1. The summed E-state index contributed by atoms with van der Waals surface area (Å²) in [5.41, 5.74) is 0.383. The lowest BCUT2D eigenvalue weighted by atomic mass is 9.83. The maximum Gasteiger partial charge on any atom is 0.193 e. The van der Waals surface area contributed by atoms with E-state index < -0.39 is 0 Å². The van der Waals surface area contributed by atoms with E-state index in [-0.39, 0.29) is 0 Å². The lowest BCUT2D eigenvalue weighted by molar-refractivity contribution is 0.104. The summed E-state index contributed by atoms with van der Waals surface area (Å²) in [6.07, 6.45) is 9.15. The number of nitrogens with one attached hydrogen (secondary N) is 1. The number of rotatable bonds is 11. The third-order valence-corrected chi connectivity index (χ3v) is 5.46. The highest BCUT2D eigenvalue weighted by Gasteiger charge is 2.33. The van der Waals surface area contributed by atoms with Crippen LogP contribution >= 0.6 is 0 Å². The number of guanidine groups is 1. The van der Waals surface area contributed by atoms with Gasteiger partial charge in [-0.2, -0.15) is 0 Å². The first-order chi connectivity index (χ1) is 11.7. The van der Waals surface area contributed by atoms with E-state index in [4.69, 9.17) is 9.47 Å². The standard InChI is InChI=1S/C19H37N3O2/c1-4-23-13-11-19(9-5-6-10-19)16-21-18(20-2)22(3)12-14-24-15-17-7-8-17/h17H,4-16H2,1-3H3,(H,20,21). The topological polar surface area (TPSA) is 46.1 Å². The van der Waals surface area contributed by atoms with Gasteiger partial charge in [-0.1, -0.05) is 12.8 Å². The number of ether oxygens (including phenoxy) is 2. The van der Waals surface area contributed by atoms with Crippen LogP contribution in [0.25, 0.3) is 0 Å². The van der Waals surface area contributed by atoms with E-state index in [0.717, 1.165) is 57.8 Å². The van der Waals surface area contributed by atoms with Crippen LogP contribution in [-0.2, 0) is 9.47 Å². The van der Waals surface area contributed by atoms with Crippen molar-refractivity contribution in [3.8, 4) is 0 Å². The van der Waals surface area contributed by atoms with Gasteiger partial charge in [-0.05, 0) is 50.4 Å². The molecule has 0 heterocycles. The van der Waals surface area contributed by atoms with Crippen molar-refractivity contribution in [1.29, 1.82) is 0 Å². The minimum atomic E-state index is 0.383. The van der Waals surface area contributed by atoms with Gasteiger partial charge in [0, 0.05) is 47.0 Å². The molecule has 0 unspecified atom stereocenters. The number of aliphatic imine (C=N–C) groups is 1. The van der Waals surface area contributed by atoms with Gasteiger partial charge < -0.3 is 19.7 Å². The minimum Gasteiger partial charge on any atom is -0.382 e. The smallest absolute Gasteiger partial charge is 0.193 e. The molecule has 2 aliphatic carbocycles. The van der Waals surface area contributed by atoms with Crippen LogP contribution in [0.3, 0.4) is 0 Å². The lowest BCUT2D eigenvalue weighted by Gasteiger charge is -2.31. The lowest BCUT2D eigenvalue weighted by Crippen LogP contribution is -2.45. The summed E-state index contributed by atoms with van der Waals surface area (Å²) in [5.74, 6) is 1.81. The average Bonchev–Trinajstić information content (AvgIpc) is 3.30. The quantitative estimate of drug-likeness (QED) is 0.357. The molecule has 0 atom stereocenters. The zero-order valence-electron chi connectivity index (χ0n) is 16.0. The Morgan fingerprint density at radius 2 is 1.96 bits per heavy atom. The molecule has 0 amide bonds. The van der Waals surface area contributed by atoms with Crippen molar-refractivity contribution in [2.24, 2.45) is 16.3 Å². The van der Waals surface area contributed by atoms with Crippen LogP contribution in [0.2, 0.25) is 0 Å². The van der Waals surface area contributed by atoms with Crippen molar-refractivity contribution >= 4 is 5.96 Å². The fraction of sp³-hybridized carbons (Fsp3) is 0.947. The summed E-state index contributed by atoms with van der Waals surface area (Å²) in [5, 5.41) is 3.61. The average molecular weight is 340 g/mol. The first-order valence-corrected chi connectivity index (χ1v) is 9.76. The monoisotopic (exact) mass is 339 g/mol. The predicted octanol–water partition coefficient (Wildman–Crippen LogP) is 2.91. The molecular formula is C19H37N3O2. The highest BCUT2D eigenvalue weighted by atomic mass is 16.5. The van der Waals surface area contributed by atoms with Gasteiger partial charge in [-0.15, -0.1) is 0 Å². The van der Waals surface area contributed by atoms with Crippen molar-refractivity contribution in [2.75, 3.05) is 53.6 Å². The van der Waals surface area contributed by atoms with E-state index in [0.29, 0.717) is 5.41 Å². The Labute approximate surface area is 148 Å². The molecule has 0 aromatic carbocycles. The molecule has 2 saturated carbocycles. The molecule has 0 aromatic heterocycles. The van der Waals surface area contributed by atoms with Crippen molar-refractivity contribution < 1.29 is 9.47 Å². The third-order valence-electron chi connectivity index (χ3n) is 5.46. The molecule has 2 aliphatic rings. The Morgan fingerprint density at radius 3 is 2.58 bits per heavy atom. The van der Waals surface area contributed by atoms with Gasteiger partial charge in [-0.25, -0.2) is 0 Å². The molecule has 0 aliphatic heterocycles. The zero-order valence-corrected chi connectivity index (χ0v) is 16.0. The summed E-state index contributed by atoms with van der Waals surface area (Å²) in [4.78, 5) is 6.63. The first kappa shape index (κ1) is 19.5. The summed E-state index contributed by atoms with van der Waals surface area (Å²) in [6, 6.07) is 0. The largest absolute Gasteiger partial charge is 0.382 e. The molecule has 0 spiro atoms. The Kier molecular flexibility index (Phi) is 8.33. The molecule has 140 valence electrons. The van der Waals surface area contributed by atoms with Gasteiger partial charge in [-0.3, -0.25) is 4.99 Å². The SMILES string of the molecule is CCOCCC1(CNC(=NC)N(C)CCOCC2CC2)CCCC1.